The second-order valence-electron chi connectivity index (χ2n) is 1.79. The van der Waals surface area contributed by atoms with Gasteiger partial charge in [-0.25, -0.2) is 0 Å². The van der Waals surface area contributed by atoms with E-state index in [2.05, 4.69) is 22.6 Å². The van der Waals surface area contributed by atoms with Crippen molar-refractivity contribution in [3.05, 3.63) is 25.7 Å². The molecule has 0 spiro atoms. The van der Waals surface area contributed by atoms with E-state index in [-0.39, 0.29) is 11.9 Å². The molecule has 4 heteroatoms. The molecule has 0 atom stereocenters. The third kappa shape index (κ3) is 17.9. The monoisotopic (exact) mass is 186 g/mol. The topological polar surface area (TPSA) is 52.6 Å². The molecule has 0 rings (SSSR count). The maximum Gasteiger partial charge on any atom is 0.310 e. The van der Waals surface area contributed by atoms with Gasteiger partial charge >= 0.3 is 11.9 Å². The first-order valence-electron chi connectivity index (χ1n) is 3.67. The van der Waals surface area contributed by atoms with Gasteiger partial charge in [-0.05, 0) is 0 Å². The van der Waals surface area contributed by atoms with Crippen LogP contribution in [-0.4, -0.2) is 11.9 Å². The van der Waals surface area contributed by atoms with Crippen LogP contribution < -0.4 is 0 Å². The third-order valence-electron chi connectivity index (χ3n) is 0.753. The quantitative estimate of drug-likeness (QED) is 0.498. The molecule has 0 N–H and O–H groups in total. The van der Waals surface area contributed by atoms with Crippen molar-refractivity contribution in [2.45, 2.75) is 20.3 Å². The Bertz CT molecular complexity index is 184. The average molecular weight is 186 g/mol. The van der Waals surface area contributed by atoms with Crippen molar-refractivity contribution in [3.8, 4) is 0 Å². The molecular weight excluding hydrogens is 172 g/mol. The molecule has 0 saturated carbocycles. The summed E-state index contributed by atoms with van der Waals surface area (Å²) in [6.45, 7) is 9.41. The number of rotatable bonds is 3. The highest BCUT2D eigenvalue weighted by Crippen LogP contribution is 1.81. The molecule has 0 unspecified atom stereocenters. The van der Waals surface area contributed by atoms with Crippen LogP contribution in [0.3, 0.4) is 0 Å². The standard InChI is InChI=1S/C5H8O2.C4H6O2/c1-3-5(6)7-4-2;1-3-6-4(2)5/h4H,2-3H2,1H3;3H,1H2,2H3. The van der Waals surface area contributed by atoms with Crippen molar-refractivity contribution >= 4 is 11.9 Å². The van der Waals surface area contributed by atoms with Gasteiger partial charge < -0.3 is 9.47 Å². The van der Waals surface area contributed by atoms with Crippen molar-refractivity contribution in [2.75, 3.05) is 0 Å². The van der Waals surface area contributed by atoms with E-state index in [9.17, 15) is 9.59 Å². The molecular formula is C9H14O4. The van der Waals surface area contributed by atoms with E-state index >= 15 is 0 Å². The van der Waals surface area contributed by atoms with Crippen LogP contribution in [0.5, 0.6) is 0 Å². The minimum absolute atomic E-state index is 0.241. The molecule has 0 radical (unpaired) electrons. The Morgan fingerprint density at radius 1 is 1.23 bits per heavy atom. The fraction of sp³-hybridized carbons (Fsp3) is 0.333. The fourth-order valence-corrected chi connectivity index (χ4v) is 0.294. The lowest BCUT2D eigenvalue weighted by atomic mass is 10.5. The minimum atomic E-state index is -0.329. The highest BCUT2D eigenvalue weighted by atomic mass is 16.5. The molecule has 0 aromatic rings. The van der Waals surface area contributed by atoms with Crippen LogP contribution in [0.1, 0.15) is 20.3 Å². The van der Waals surface area contributed by atoms with Crippen molar-refractivity contribution in [1.29, 1.82) is 0 Å². The van der Waals surface area contributed by atoms with Crippen LogP contribution in [0.2, 0.25) is 0 Å². The molecule has 4 nitrogen and oxygen atoms in total. The van der Waals surface area contributed by atoms with E-state index in [4.69, 9.17) is 0 Å². The van der Waals surface area contributed by atoms with Gasteiger partial charge in [-0.2, -0.15) is 0 Å². The van der Waals surface area contributed by atoms with Gasteiger partial charge in [0.15, 0.2) is 0 Å². The lowest BCUT2D eigenvalue weighted by molar-refractivity contribution is -0.137. The first-order valence-corrected chi connectivity index (χ1v) is 3.67. The highest BCUT2D eigenvalue weighted by Gasteiger charge is 1.89. The molecule has 13 heavy (non-hydrogen) atoms. The Labute approximate surface area is 77.8 Å². The molecule has 74 valence electrons. The number of carbonyl (C=O) groups is 2. The minimum Gasteiger partial charge on any atom is -0.435 e. The first-order chi connectivity index (χ1) is 6.08. The second-order valence-corrected chi connectivity index (χ2v) is 1.79. The van der Waals surface area contributed by atoms with Gasteiger partial charge in [-0.3, -0.25) is 9.59 Å². The van der Waals surface area contributed by atoms with Crippen LogP contribution in [0, 0.1) is 0 Å². The van der Waals surface area contributed by atoms with Gasteiger partial charge in [0.05, 0.1) is 12.5 Å². The van der Waals surface area contributed by atoms with Gasteiger partial charge in [0.1, 0.15) is 0 Å². The predicted octanol–water partition coefficient (Wildman–Crippen LogP) is 1.78. The van der Waals surface area contributed by atoms with Gasteiger partial charge in [0, 0.05) is 13.3 Å². The summed E-state index contributed by atoms with van der Waals surface area (Å²) in [6, 6.07) is 0. The SMILES string of the molecule is C=COC(=O)CC.C=COC(C)=O. The zero-order chi connectivity index (χ0) is 10.7. The van der Waals surface area contributed by atoms with E-state index in [0.29, 0.717) is 6.42 Å². The summed E-state index contributed by atoms with van der Waals surface area (Å²) in [7, 11) is 0. The fourth-order valence-electron chi connectivity index (χ4n) is 0.294. The summed E-state index contributed by atoms with van der Waals surface area (Å²) in [4.78, 5) is 19.9. The van der Waals surface area contributed by atoms with Crippen LogP contribution >= 0.6 is 0 Å². The molecule has 0 aliphatic heterocycles. The summed E-state index contributed by atoms with van der Waals surface area (Å²) < 4.78 is 8.48. The van der Waals surface area contributed by atoms with E-state index < -0.39 is 0 Å². The van der Waals surface area contributed by atoms with Crippen LogP contribution in [0.25, 0.3) is 0 Å². The molecule has 0 bridgehead atoms. The summed E-state index contributed by atoms with van der Waals surface area (Å²) >= 11 is 0. The average Bonchev–Trinajstić information content (AvgIpc) is 2.05. The van der Waals surface area contributed by atoms with E-state index in [1.54, 1.807) is 6.92 Å². The number of ether oxygens (including phenoxy) is 2. The molecule has 0 aliphatic carbocycles. The summed E-state index contributed by atoms with van der Waals surface area (Å²) in [5.41, 5.74) is 0. The van der Waals surface area contributed by atoms with Crippen LogP contribution in [0.15, 0.2) is 25.7 Å². The molecule has 0 heterocycles. The lowest BCUT2D eigenvalue weighted by Crippen LogP contribution is -1.94. The Morgan fingerprint density at radius 2 is 1.69 bits per heavy atom. The molecule has 0 aliphatic rings. The summed E-state index contributed by atoms with van der Waals surface area (Å²) in [5, 5.41) is 0. The maximum absolute atomic E-state index is 10.1. The van der Waals surface area contributed by atoms with Crippen molar-refractivity contribution in [2.24, 2.45) is 0 Å². The van der Waals surface area contributed by atoms with Gasteiger partial charge in [-0.1, -0.05) is 20.1 Å². The molecule has 0 fully saturated rings. The van der Waals surface area contributed by atoms with Gasteiger partial charge in [0.25, 0.3) is 0 Å². The van der Waals surface area contributed by atoms with Crippen molar-refractivity contribution in [1.82, 2.24) is 0 Å². The largest absolute Gasteiger partial charge is 0.435 e. The normalized spacial score (nSPS) is 7.23. The van der Waals surface area contributed by atoms with Gasteiger partial charge in [-0.15, -0.1) is 0 Å². The van der Waals surface area contributed by atoms with Crippen LogP contribution in [-0.2, 0) is 19.1 Å². The van der Waals surface area contributed by atoms with Gasteiger partial charge in [0.2, 0.25) is 0 Å². The second kappa shape index (κ2) is 10.4. The highest BCUT2D eigenvalue weighted by molar-refractivity contribution is 5.69. The van der Waals surface area contributed by atoms with E-state index in [1.165, 1.54) is 6.92 Å². The lowest BCUT2D eigenvalue weighted by Gasteiger charge is -1.88. The summed E-state index contributed by atoms with van der Waals surface area (Å²) in [5.74, 6) is -0.569. The predicted molar refractivity (Wildman–Crippen MR) is 48.5 cm³/mol. The van der Waals surface area contributed by atoms with Crippen LogP contribution in [0.4, 0.5) is 0 Å². The Morgan fingerprint density at radius 3 is 1.77 bits per heavy atom. The number of carbonyl (C=O) groups excluding carboxylic acids is 2. The van der Waals surface area contributed by atoms with E-state index in [0.717, 1.165) is 12.5 Å². The first kappa shape index (κ1) is 14.0. The molecule has 0 saturated heterocycles. The molecule has 0 aromatic heterocycles. The molecule has 0 aromatic carbocycles. The summed E-state index contributed by atoms with van der Waals surface area (Å²) in [6.07, 6.45) is 2.64. The Balaban J connectivity index is 0. The Kier molecular flexibility index (Phi) is 11.2. The number of esters is 2. The van der Waals surface area contributed by atoms with Crippen molar-refractivity contribution in [3.63, 3.8) is 0 Å². The number of hydrogen-bond donors (Lipinski definition) is 0. The zero-order valence-electron chi connectivity index (χ0n) is 7.91. The third-order valence-corrected chi connectivity index (χ3v) is 0.753. The van der Waals surface area contributed by atoms with E-state index in [1.807, 2.05) is 0 Å². The maximum atomic E-state index is 10.1. The zero-order valence-corrected chi connectivity index (χ0v) is 7.91. The smallest absolute Gasteiger partial charge is 0.310 e. The number of hydrogen-bond acceptors (Lipinski definition) is 4. The molecule has 0 amide bonds. The Hall–Kier alpha value is -1.58. The van der Waals surface area contributed by atoms with Crippen molar-refractivity contribution < 1.29 is 19.1 Å².